The molecule has 0 aromatic heterocycles. The molecule has 2 N–H and O–H groups in total. The lowest BCUT2D eigenvalue weighted by atomic mass is 9.92. The fraction of sp³-hybridized carbons (Fsp3) is 0.600. The molecular weight excluding hydrogens is 134 g/mol. The summed E-state index contributed by atoms with van der Waals surface area (Å²) in [4.78, 5) is 0. The third-order valence-electron chi connectivity index (χ3n) is 2.27. The van der Waals surface area contributed by atoms with Crippen LogP contribution in [0.2, 0.25) is 0 Å². The van der Waals surface area contributed by atoms with E-state index in [4.69, 9.17) is 5.73 Å². The molecule has 11 heavy (non-hydrogen) atoms. The molecule has 2 atom stereocenters. The van der Waals surface area contributed by atoms with E-state index in [-0.39, 0.29) is 6.04 Å². The molecule has 62 valence electrons. The lowest BCUT2D eigenvalue weighted by molar-refractivity contribution is 0.624. The van der Waals surface area contributed by atoms with Gasteiger partial charge in [0, 0.05) is 6.04 Å². The zero-order valence-corrected chi connectivity index (χ0v) is 7.38. The lowest BCUT2D eigenvalue weighted by Crippen LogP contribution is -2.18. The summed E-state index contributed by atoms with van der Waals surface area (Å²) < 4.78 is 0. The number of hydrogen-bond donors (Lipinski definition) is 1. The molecule has 0 aliphatic heterocycles. The van der Waals surface area contributed by atoms with Gasteiger partial charge in [0.1, 0.15) is 0 Å². The van der Waals surface area contributed by atoms with Gasteiger partial charge in [-0.05, 0) is 31.3 Å². The van der Waals surface area contributed by atoms with Gasteiger partial charge >= 0.3 is 0 Å². The van der Waals surface area contributed by atoms with Crippen molar-refractivity contribution in [2.45, 2.75) is 32.7 Å². The van der Waals surface area contributed by atoms with Crippen LogP contribution < -0.4 is 5.73 Å². The van der Waals surface area contributed by atoms with Crippen LogP contribution in [0.5, 0.6) is 0 Å². The number of rotatable bonds is 2. The standard InChI is InChI=1S/C10H17N/c1-3-9-4-6-10(7-5-9)8(2)11/h4,6-9H,3,5,11H2,1-2H3. The molecule has 0 fully saturated rings. The summed E-state index contributed by atoms with van der Waals surface area (Å²) in [7, 11) is 0. The highest BCUT2D eigenvalue weighted by Gasteiger charge is 2.07. The van der Waals surface area contributed by atoms with Gasteiger partial charge in [-0.1, -0.05) is 25.2 Å². The van der Waals surface area contributed by atoms with Gasteiger partial charge in [-0.15, -0.1) is 0 Å². The first kappa shape index (κ1) is 8.54. The molecule has 0 aromatic rings. The Bertz CT molecular complexity index is 177. The molecule has 1 aliphatic carbocycles. The average Bonchev–Trinajstić information content (AvgIpc) is 2.05. The van der Waals surface area contributed by atoms with E-state index in [9.17, 15) is 0 Å². The summed E-state index contributed by atoms with van der Waals surface area (Å²) in [5.41, 5.74) is 7.02. The predicted octanol–water partition coefficient (Wildman–Crippen LogP) is 2.25. The van der Waals surface area contributed by atoms with Crippen molar-refractivity contribution in [1.29, 1.82) is 0 Å². The fourth-order valence-electron chi connectivity index (χ4n) is 1.32. The summed E-state index contributed by atoms with van der Waals surface area (Å²) in [5.74, 6) is 0.748. The summed E-state index contributed by atoms with van der Waals surface area (Å²) in [5, 5.41) is 0. The first-order valence-electron chi connectivity index (χ1n) is 4.38. The van der Waals surface area contributed by atoms with Crippen LogP contribution in [-0.2, 0) is 0 Å². The van der Waals surface area contributed by atoms with E-state index in [1.54, 1.807) is 0 Å². The number of hydrogen-bond acceptors (Lipinski definition) is 1. The van der Waals surface area contributed by atoms with Gasteiger partial charge in [0.2, 0.25) is 0 Å². The van der Waals surface area contributed by atoms with Crippen molar-refractivity contribution < 1.29 is 0 Å². The van der Waals surface area contributed by atoms with E-state index in [1.165, 1.54) is 18.4 Å². The zero-order valence-electron chi connectivity index (χ0n) is 7.38. The molecule has 0 saturated heterocycles. The molecule has 0 aromatic carbocycles. The van der Waals surface area contributed by atoms with E-state index in [1.807, 2.05) is 6.92 Å². The zero-order chi connectivity index (χ0) is 8.27. The van der Waals surface area contributed by atoms with E-state index in [2.05, 4.69) is 25.2 Å². The molecule has 0 spiro atoms. The molecule has 0 saturated carbocycles. The van der Waals surface area contributed by atoms with Crippen LogP contribution in [0.1, 0.15) is 26.7 Å². The van der Waals surface area contributed by atoms with Gasteiger partial charge in [0.05, 0.1) is 0 Å². The first-order chi connectivity index (χ1) is 5.24. The smallest absolute Gasteiger partial charge is 0.0262 e. The Labute approximate surface area is 69.0 Å². The summed E-state index contributed by atoms with van der Waals surface area (Å²) >= 11 is 0. The Morgan fingerprint density at radius 2 is 2.45 bits per heavy atom. The third kappa shape index (κ3) is 2.19. The Balaban J connectivity index is 2.53. The Hall–Kier alpha value is -0.560. The number of allylic oxidation sites excluding steroid dienone is 2. The SMILES string of the molecule is CCC1C=CC(C(C)N)=CC1. The Kier molecular flexibility index (Phi) is 2.89. The minimum absolute atomic E-state index is 0.198. The van der Waals surface area contributed by atoms with Crippen LogP contribution in [0, 0.1) is 5.92 Å². The van der Waals surface area contributed by atoms with Crippen molar-refractivity contribution in [3.63, 3.8) is 0 Å². The molecule has 1 rings (SSSR count). The van der Waals surface area contributed by atoms with Crippen LogP contribution in [-0.4, -0.2) is 6.04 Å². The van der Waals surface area contributed by atoms with E-state index < -0.39 is 0 Å². The Morgan fingerprint density at radius 3 is 2.82 bits per heavy atom. The van der Waals surface area contributed by atoms with E-state index in [0.717, 1.165) is 5.92 Å². The maximum absolute atomic E-state index is 5.73. The van der Waals surface area contributed by atoms with Gasteiger partial charge in [-0.3, -0.25) is 0 Å². The first-order valence-corrected chi connectivity index (χ1v) is 4.38. The quantitative estimate of drug-likeness (QED) is 0.643. The van der Waals surface area contributed by atoms with Crippen LogP contribution in [0.4, 0.5) is 0 Å². The molecule has 0 radical (unpaired) electrons. The highest BCUT2D eigenvalue weighted by molar-refractivity contribution is 5.27. The second-order valence-electron chi connectivity index (χ2n) is 3.26. The van der Waals surface area contributed by atoms with E-state index >= 15 is 0 Å². The maximum Gasteiger partial charge on any atom is 0.0262 e. The van der Waals surface area contributed by atoms with Gasteiger partial charge in [-0.25, -0.2) is 0 Å². The molecule has 0 heterocycles. The van der Waals surface area contributed by atoms with Crippen molar-refractivity contribution in [2.75, 3.05) is 0 Å². The molecule has 2 unspecified atom stereocenters. The second-order valence-corrected chi connectivity index (χ2v) is 3.26. The predicted molar refractivity (Wildman–Crippen MR) is 49.3 cm³/mol. The second kappa shape index (κ2) is 3.72. The summed E-state index contributed by atoms with van der Waals surface area (Å²) in [6, 6.07) is 0.198. The van der Waals surface area contributed by atoms with Crippen LogP contribution in [0.15, 0.2) is 23.8 Å². The molecule has 0 bridgehead atoms. The third-order valence-corrected chi connectivity index (χ3v) is 2.27. The van der Waals surface area contributed by atoms with Crippen molar-refractivity contribution in [3.8, 4) is 0 Å². The molecule has 0 amide bonds. The van der Waals surface area contributed by atoms with Crippen LogP contribution in [0.3, 0.4) is 0 Å². The highest BCUT2D eigenvalue weighted by Crippen LogP contribution is 2.19. The normalized spacial score (nSPS) is 26.5. The topological polar surface area (TPSA) is 26.0 Å². The van der Waals surface area contributed by atoms with Gasteiger partial charge < -0.3 is 5.73 Å². The minimum Gasteiger partial charge on any atom is -0.324 e. The van der Waals surface area contributed by atoms with Crippen LogP contribution in [0.25, 0.3) is 0 Å². The van der Waals surface area contributed by atoms with Crippen molar-refractivity contribution in [3.05, 3.63) is 23.8 Å². The van der Waals surface area contributed by atoms with E-state index in [0.29, 0.717) is 0 Å². The van der Waals surface area contributed by atoms with Crippen molar-refractivity contribution in [2.24, 2.45) is 11.7 Å². The fourth-order valence-corrected chi connectivity index (χ4v) is 1.32. The summed E-state index contributed by atoms with van der Waals surface area (Å²) in [6.07, 6.45) is 9.11. The lowest BCUT2D eigenvalue weighted by Gasteiger charge is -2.16. The van der Waals surface area contributed by atoms with Crippen molar-refractivity contribution in [1.82, 2.24) is 0 Å². The molecule has 1 heteroatoms. The van der Waals surface area contributed by atoms with Gasteiger partial charge in [0.15, 0.2) is 0 Å². The molecule has 1 aliphatic rings. The Morgan fingerprint density at radius 1 is 1.73 bits per heavy atom. The van der Waals surface area contributed by atoms with Crippen LogP contribution >= 0.6 is 0 Å². The highest BCUT2D eigenvalue weighted by atomic mass is 14.6. The van der Waals surface area contributed by atoms with Gasteiger partial charge in [0.25, 0.3) is 0 Å². The average molecular weight is 151 g/mol. The summed E-state index contributed by atoms with van der Waals surface area (Å²) in [6.45, 7) is 4.25. The van der Waals surface area contributed by atoms with Crippen molar-refractivity contribution >= 4 is 0 Å². The number of nitrogens with two attached hydrogens (primary N) is 1. The molecule has 1 nitrogen and oxygen atoms in total. The molecular formula is C10H17N. The minimum atomic E-state index is 0.198. The maximum atomic E-state index is 5.73. The largest absolute Gasteiger partial charge is 0.324 e. The monoisotopic (exact) mass is 151 g/mol. The van der Waals surface area contributed by atoms with Gasteiger partial charge in [-0.2, -0.15) is 0 Å².